The maximum absolute atomic E-state index is 13.5. The minimum absolute atomic E-state index is 0.134. The molecule has 1 fully saturated rings. The van der Waals surface area contributed by atoms with Gasteiger partial charge in [0.25, 0.3) is 5.69 Å². The number of carboxylic acid groups (broad SMARTS) is 1. The first-order valence-electron chi connectivity index (χ1n) is 14.4. The van der Waals surface area contributed by atoms with Crippen LogP contribution in [0.3, 0.4) is 0 Å². The zero-order valence-electron chi connectivity index (χ0n) is 24.9. The summed E-state index contributed by atoms with van der Waals surface area (Å²) in [7, 11) is 0. The monoisotopic (exact) mass is 624 g/mol. The third-order valence-electron chi connectivity index (χ3n) is 7.17. The van der Waals surface area contributed by atoms with Gasteiger partial charge in [-0.25, -0.2) is 0 Å². The molecule has 5 N–H and O–H groups in total. The van der Waals surface area contributed by atoms with Crippen LogP contribution in [-0.2, 0) is 35.2 Å². The number of benzene rings is 2. The molecule has 0 saturated carbocycles. The number of rotatable bonds is 14. The molecule has 0 radical (unpaired) electrons. The largest absolute Gasteiger partial charge is 0.481 e. The highest BCUT2D eigenvalue weighted by Gasteiger charge is 2.38. The van der Waals surface area contributed by atoms with E-state index >= 15 is 0 Å². The molecule has 240 valence electrons. The standard InChI is InChI=1S/C30H36N6O9/c1-18(31-25(37)14-15-26(38)39)27(40)32-19(2)30(43)35-16-6-9-24(35)29(42)34-23(17-20-7-4-3-5-8-20)28(41)33-21-10-12-22(13-11-21)36(44)45/h3-5,7-8,10-13,18-19,23-24H,6,9,14-17H2,1-2H3,(H,31,37)(H,32,40)(H,33,41)(H,34,42)(H,38,39)/t18-,19+,23-,24+/m0/s1. The summed E-state index contributed by atoms with van der Waals surface area (Å²) >= 11 is 0. The molecule has 0 aliphatic carbocycles. The Morgan fingerprint density at radius 3 is 2.20 bits per heavy atom. The van der Waals surface area contributed by atoms with Gasteiger partial charge in [-0.15, -0.1) is 0 Å². The quantitative estimate of drug-likeness (QED) is 0.150. The smallest absolute Gasteiger partial charge is 0.303 e. The molecule has 0 spiro atoms. The van der Waals surface area contributed by atoms with E-state index in [1.807, 2.05) is 6.07 Å². The number of nitrogens with zero attached hydrogens (tertiary/aromatic N) is 2. The Morgan fingerprint density at radius 2 is 1.58 bits per heavy atom. The Labute approximate surface area is 258 Å². The van der Waals surface area contributed by atoms with E-state index in [4.69, 9.17) is 5.11 Å². The van der Waals surface area contributed by atoms with E-state index in [1.165, 1.54) is 43.0 Å². The van der Waals surface area contributed by atoms with Gasteiger partial charge in [0.05, 0.1) is 11.3 Å². The van der Waals surface area contributed by atoms with E-state index < -0.39 is 71.0 Å². The normalized spacial score (nSPS) is 16.0. The molecule has 4 atom stereocenters. The molecule has 1 aliphatic heterocycles. The average molecular weight is 625 g/mol. The number of anilines is 1. The summed E-state index contributed by atoms with van der Waals surface area (Å²) in [5.41, 5.74) is 0.919. The molecule has 15 heteroatoms. The Balaban J connectivity index is 1.65. The zero-order valence-corrected chi connectivity index (χ0v) is 24.9. The van der Waals surface area contributed by atoms with Gasteiger partial charge in [-0.2, -0.15) is 0 Å². The van der Waals surface area contributed by atoms with Crippen LogP contribution in [0.2, 0.25) is 0 Å². The van der Waals surface area contributed by atoms with Crippen LogP contribution in [0, 0.1) is 10.1 Å². The lowest BCUT2D eigenvalue weighted by molar-refractivity contribution is -0.384. The second-order valence-corrected chi connectivity index (χ2v) is 10.6. The predicted molar refractivity (Wildman–Crippen MR) is 161 cm³/mol. The fourth-order valence-corrected chi connectivity index (χ4v) is 4.77. The topological polar surface area (TPSA) is 217 Å². The van der Waals surface area contributed by atoms with Gasteiger partial charge in [0, 0.05) is 37.2 Å². The van der Waals surface area contributed by atoms with Gasteiger partial charge >= 0.3 is 5.97 Å². The zero-order chi connectivity index (χ0) is 33.1. The first-order chi connectivity index (χ1) is 21.3. The Kier molecular flexibility index (Phi) is 12.1. The second kappa shape index (κ2) is 15.9. The van der Waals surface area contributed by atoms with Crippen molar-refractivity contribution in [2.75, 3.05) is 11.9 Å². The number of carboxylic acids is 1. The number of non-ortho nitro benzene ring substituents is 1. The fraction of sp³-hybridized carbons (Fsp3) is 0.400. The fourth-order valence-electron chi connectivity index (χ4n) is 4.77. The van der Waals surface area contributed by atoms with Gasteiger partial charge in [0.15, 0.2) is 0 Å². The van der Waals surface area contributed by atoms with Gasteiger partial charge in [-0.05, 0) is 44.4 Å². The SMILES string of the molecule is C[C@H](NC(=O)CCC(=O)O)C(=O)N[C@H](C)C(=O)N1CCC[C@@H]1C(=O)N[C@@H](Cc1ccccc1)C(=O)Nc1ccc([N+](=O)[O-])cc1. The first kappa shape index (κ1) is 34.2. The highest BCUT2D eigenvalue weighted by molar-refractivity contribution is 5.99. The maximum Gasteiger partial charge on any atom is 0.303 e. The Hall–Kier alpha value is -5.34. The van der Waals surface area contributed by atoms with E-state index in [1.54, 1.807) is 24.3 Å². The number of nitro groups is 1. The first-order valence-corrected chi connectivity index (χ1v) is 14.4. The highest BCUT2D eigenvalue weighted by atomic mass is 16.6. The molecule has 0 bridgehead atoms. The van der Waals surface area contributed by atoms with E-state index in [2.05, 4.69) is 21.3 Å². The van der Waals surface area contributed by atoms with Crippen LogP contribution in [-0.4, -0.2) is 81.1 Å². The third-order valence-corrected chi connectivity index (χ3v) is 7.17. The van der Waals surface area contributed by atoms with Crippen molar-refractivity contribution in [1.82, 2.24) is 20.9 Å². The van der Waals surface area contributed by atoms with Crippen molar-refractivity contribution in [2.24, 2.45) is 0 Å². The lowest BCUT2D eigenvalue weighted by Gasteiger charge is -2.29. The molecular weight excluding hydrogens is 588 g/mol. The number of likely N-dealkylation sites (tertiary alicyclic amines) is 1. The number of hydrogen-bond donors (Lipinski definition) is 5. The molecular formula is C30H36N6O9. The minimum Gasteiger partial charge on any atom is -0.481 e. The number of nitrogens with one attached hydrogen (secondary N) is 4. The van der Waals surface area contributed by atoms with Gasteiger partial charge < -0.3 is 31.3 Å². The summed E-state index contributed by atoms with van der Waals surface area (Å²) in [6.45, 7) is 3.09. The number of amides is 5. The van der Waals surface area contributed by atoms with Crippen molar-refractivity contribution in [3.05, 3.63) is 70.3 Å². The Bertz CT molecular complexity index is 1420. The van der Waals surface area contributed by atoms with Crippen LogP contribution in [0.1, 0.15) is 45.1 Å². The number of nitro benzene ring substituents is 1. The van der Waals surface area contributed by atoms with Crippen LogP contribution in [0.4, 0.5) is 11.4 Å². The van der Waals surface area contributed by atoms with Crippen molar-refractivity contribution >= 4 is 46.9 Å². The molecule has 0 unspecified atom stereocenters. The van der Waals surface area contributed by atoms with E-state index in [0.717, 1.165) is 5.56 Å². The number of hydrogen-bond acceptors (Lipinski definition) is 8. The van der Waals surface area contributed by atoms with E-state index in [-0.39, 0.29) is 25.1 Å². The molecule has 1 aliphatic rings. The van der Waals surface area contributed by atoms with Crippen LogP contribution < -0.4 is 21.3 Å². The Morgan fingerprint density at radius 1 is 0.911 bits per heavy atom. The third kappa shape index (κ3) is 10.1. The molecule has 5 amide bonds. The van der Waals surface area contributed by atoms with Crippen molar-refractivity contribution < 1.29 is 38.8 Å². The number of carbonyl (C=O) groups excluding carboxylic acids is 5. The molecule has 45 heavy (non-hydrogen) atoms. The summed E-state index contributed by atoms with van der Waals surface area (Å²) < 4.78 is 0. The maximum atomic E-state index is 13.5. The molecule has 2 aromatic rings. The van der Waals surface area contributed by atoms with Crippen LogP contribution >= 0.6 is 0 Å². The molecule has 3 rings (SSSR count). The van der Waals surface area contributed by atoms with Gasteiger partial charge in [-0.3, -0.25) is 38.9 Å². The van der Waals surface area contributed by atoms with Crippen molar-refractivity contribution in [3.8, 4) is 0 Å². The van der Waals surface area contributed by atoms with Crippen LogP contribution in [0.25, 0.3) is 0 Å². The molecule has 1 heterocycles. The lowest BCUT2D eigenvalue weighted by atomic mass is 10.0. The van der Waals surface area contributed by atoms with Crippen molar-refractivity contribution in [1.29, 1.82) is 0 Å². The van der Waals surface area contributed by atoms with E-state index in [0.29, 0.717) is 18.5 Å². The van der Waals surface area contributed by atoms with Crippen molar-refractivity contribution in [2.45, 2.75) is 70.1 Å². The summed E-state index contributed by atoms with van der Waals surface area (Å²) in [5.74, 6) is -4.08. The summed E-state index contributed by atoms with van der Waals surface area (Å²) in [4.78, 5) is 86.9. The highest BCUT2D eigenvalue weighted by Crippen LogP contribution is 2.20. The molecule has 1 saturated heterocycles. The van der Waals surface area contributed by atoms with Crippen molar-refractivity contribution in [3.63, 3.8) is 0 Å². The van der Waals surface area contributed by atoms with Gasteiger partial charge in [0.1, 0.15) is 24.2 Å². The average Bonchev–Trinajstić information content (AvgIpc) is 3.50. The summed E-state index contributed by atoms with van der Waals surface area (Å²) in [5, 5.41) is 30.0. The molecule has 2 aromatic carbocycles. The van der Waals surface area contributed by atoms with Gasteiger partial charge in [-0.1, -0.05) is 30.3 Å². The number of aliphatic carboxylic acids is 1. The predicted octanol–water partition coefficient (Wildman–Crippen LogP) is 1.13. The van der Waals surface area contributed by atoms with E-state index in [9.17, 15) is 38.9 Å². The lowest BCUT2D eigenvalue weighted by Crippen LogP contribution is -2.56. The molecule has 15 nitrogen and oxygen atoms in total. The van der Waals surface area contributed by atoms with Crippen LogP contribution in [0.5, 0.6) is 0 Å². The van der Waals surface area contributed by atoms with Gasteiger partial charge in [0.2, 0.25) is 29.5 Å². The summed E-state index contributed by atoms with van der Waals surface area (Å²) in [6, 6.07) is 10.2. The number of carbonyl (C=O) groups is 6. The minimum atomic E-state index is -1.15. The second-order valence-electron chi connectivity index (χ2n) is 10.6. The summed E-state index contributed by atoms with van der Waals surface area (Å²) in [6.07, 6.45) is 0.283. The van der Waals surface area contributed by atoms with Crippen LogP contribution in [0.15, 0.2) is 54.6 Å². The molecule has 0 aromatic heterocycles.